The highest BCUT2D eigenvalue weighted by Crippen LogP contribution is 2.30. The molecule has 0 atom stereocenters. The van der Waals surface area contributed by atoms with Crippen LogP contribution in [0.5, 0.6) is 11.5 Å². The first kappa shape index (κ1) is 22.9. The van der Waals surface area contributed by atoms with Gasteiger partial charge in [-0.15, -0.1) is 0 Å². The number of ether oxygens (including phenoxy) is 2. The number of amides is 1. The summed E-state index contributed by atoms with van der Waals surface area (Å²) < 4.78 is 11.9. The van der Waals surface area contributed by atoms with Crippen LogP contribution in [-0.2, 0) is 16.2 Å². The van der Waals surface area contributed by atoms with Gasteiger partial charge in [-0.2, -0.15) is 0 Å². The average molecular weight is 455 g/mol. The predicted molar refractivity (Wildman–Crippen MR) is 135 cm³/mol. The summed E-state index contributed by atoms with van der Waals surface area (Å²) in [5.74, 6) is 0.985. The number of hydrogen-bond donors (Lipinski definition) is 1. The maximum absolute atomic E-state index is 11.9. The lowest BCUT2D eigenvalue weighted by atomic mass is 10.1. The van der Waals surface area contributed by atoms with E-state index in [4.69, 9.17) is 14.3 Å². The number of oxime groups is 1. The Balaban J connectivity index is 1.36. The van der Waals surface area contributed by atoms with E-state index in [9.17, 15) is 4.79 Å². The SMILES string of the molecule is CCOc1cc(C=NOCC(=O)Nc2ccccc2)ccc1OCc1cccc2ccccc12. The fourth-order valence-corrected chi connectivity index (χ4v) is 3.48. The summed E-state index contributed by atoms with van der Waals surface area (Å²) in [4.78, 5) is 17.1. The van der Waals surface area contributed by atoms with E-state index in [0.29, 0.717) is 30.4 Å². The lowest BCUT2D eigenvalue weighted by Crippen LogP contribution is -2.16. The van der Waals surface area contributed by atoms with Gasteiger partial charge in [0.15, 0.2) is 18.1 Å². The van der Waals surface area contributed by atoms with Crippen LogP contribution >= 0.6 is 0 Å². The van der Waals surface area contributed by atoms with Gasteiger partial charge in [0.25, 0.3) is 5.91 Å². The van der Waals surface area contributed by atoms with E-state index in [2.05, 4.69) is 34.7 Å². The lowest BCUT2D eigenvalue weighted by Gasteiger charge is -2.13. The van der Waals surface area contributed by atoms with E-state index < -0.39 is 0 Å². The minimum absolute atomic E-state index is 0.185. The van der Waals surface area contributed by atoms with Gasteiger partial charge in [0.1, 0.15) is 6.61 Å². The van der Waals surface area contributed by atoms with Crippen molar-refractivity contribution in [1.82, 2.24) is 0 Å². The van der Waals surface area contributed by atoms with E-state index in [0.717, 1.165) is 11.1 Å². The van der Waals surface area contributed by atoms with Crippen molar-refractivity contribution in [2.24, 2.45) is 5.16 Å². The van der Waals surface area contributed by atoms with Gasteiger partial charge in [-0.3, -0.25) is 4.79 Å². The van der Waals surface area contributed by atoms with Crippen molar-refractivity contribution in [3.63, 3.8) is 0 Å². The molecule has 172 valence electrons. The van der Waals surface area contributed by atoms with Crippen LogP contribution in [0.1, 0.15) is 18.1 Å². The topological polar surface area (TPSA) is 69.2 Å². The molecule has 0 spiro atoms. The van der Waals surface area contributed by atoms with Crippen LogP contribution in [-0.4, -0.2) is 25.3 Å². The van der Waals surface area contributed by atoms with Crippen molar-refractivity contribution in [2.75, 3.05) is 18.5 Å². The molecule has 0 fully saturated rings. The molecule has 34 heavy (non-hydrogen) atoms. The van der Waals surface area contributed by atoms with Gasteiger partial charge in [-0.05, 0) is 53.6 Å². The highest BCUT2D eigenvalue weighted by Gasteiger charge is 2.08. The fourth-order valence-electron chi connectivity index (χ4n) is 3.48. The Morgan fingerprint density at radius 3 is 2.53 bits per heavy atom. The normalized spacial score (nSPS) is 10.9. The molecule has 4 aromatic carbocycles. The number of rotatable bonds is 10. The molecule has 0 radical (unpaired) electrons. The van der Waals surface area contributed by atoms with Crippen molar-refractivity contribution < 1.29 is 19.1 Å². The second-order valence-corrected chi connectivity index (χ2v) is 7.49. The minimum Gasteiger partial charge on any atom is -0.490 e. The van der Waals surface area contributed by atoms with Gasteiger partial charge in [0.05, 0.1) is 12.8 Å². The standard InChI is InChI=1S/C28H26N2O4/c1-2-32-27-17-21(18-29-34-20-28(31)30-24-12-4-3-5-13-24)15-16-26(27)33-19-23-11-8-10-22-9-6-7-14-25(22)23/h3-18H,2,19-20H2,1H3,(H,30,31). The number of carbonyl (C=O) groups is 1. The molecule has 0 heterocycles. The predicted octanol–water partition coefficient (Wildman–Crippen LogP) is 5.81. The molecule has 6 heteroatoms. The van der Waals surface area contributed by atoms with E-state index in [1.807, 2.05) is 61.5 Å². The maximum atomic E-state index is 11.9. The van der Waals surface area contributed by atoms with Gasteiger partial charge in [-0.25, -0.2) is 0 Å². The van der Waals surface area contributed by atoms with Crippen LogP contribution in [0.4, 0.5) is 5.69 Å². The first-order chi connectivity index (χ1) is 16.7. The molecule has 0 aliphatic carbocycles. The van der Waals surface area contributed by atoms with Crippen molar-refractivity contribution in [3.05, 3.63) is 102 Å². The van der Waals surface area contributed by atoms with Crippen LogP contribution in [0.15, 0.2) is 96.2 Å². The Bertz CT molecular complexity index is 1270. The van der Waals surface area contributed by atoms with Crippen molar-refractivity contribution in [3.8, 4) is 11.5 Å². The Hall–Kier alpha value is -4.32. The summed E-state index contributed by atoms with van der Waals surface area (Å²) in [6, 6.07) is 29.1. The Morgan fingerprint density at radius 2 is 1.68 bits per heavy atom. The quantitative estimate of drug-likeness (QED) is 0.243. The number of nitrogens with one attached hydrogen (secondary N) is 1. The minimum atomic E-state index is -0.282. The van der Waals surface area contributed by atoms with Crippen LogP contribution in [0.3, 0.4) is 0 Å². The lowest BCUT2D eigenvalue weighted by molar-refractivity contribution is -0.120. The average Bonchev–Trinajstić information content (AvgIpc) is 2.87. The summed E-state index contributed by atoms with van der Waals surface area (Å²) in [7, 11) is 0. The zero-order chi connectivity index (χ0) is 23.6. The second kappa shape index (κ2) is 11.5. The Labute approximate surface area is 198 Å². The van der Waals surface area contributed by atoms with Crippen molar-refractivity contribution >= 4 is 28.6 Å². The summed E-state index contributed by atoms with van der Waals surface area (Å²) in [5, 5.41) is 8.98. The van der Waals surface area contributed by atoms with Gasteiger partial charge >= 0.3 is 0 Å². The molecule has 0 bridgehead atoms. The third kappa shape index (κ3) is 6.13. The second-order valence-electron chi connectivity index (χ2n) is 7.49. The molecule has 0 aliphatic rings. The molecular weight excluding hydrogens is 428 g/mol. The molecule has 1 N–H and O–H groups in total. The number of nitrogens with zero attached hydrogens (tertiary/aromatic N) is 1. The van der Waals surface area contributed by atoms with Crippen LogP contribution in [0.25, 0.3) is 10.8 Å². The molecule has 0 aromatic heterocycles. The summed E-state index contributed by atoms with van der Waals surface area (Å²) in [6.45, 7) is 2.66. The molecule has 0 aliphatic heterocycles. The molecule has 4 aromatic rings. The Kier molecular flexibility index (Phi) is 7.74. The number of para-hydroxylation sites is 1. The summed E-state index contributed by atoms with van der Waals surface area (Å²) in [5.41, 5.74) is 2.58. The smallest absolute Gasteiger partial charge is 0.265 e. The number of benzene rings is 4. The van der Waals surface area contributed by atoms with Crippen LogP contribution in [0, 0.1) is 0 Å². The number of hydrogen-bond acceptors (Lipinski definition) is 5. The maximum Gasteiger partial charge on any atom is 0.265 e. The van der Waals surface area contributed by atoms with E-state index in [1.165, 1.54) is 17.0 Å². The zero-order valence-electron chi connectivity index (χ0n) is 18.9. The third-order valence-corrected chi connectivity index (χ3v) is 5.06. The molecule has 0 saturated carbocycles. The van der Waals surface area contributed by atoms with Gasteiger partial charge in [0.2, 0.25) is 0 Å². The number of anilines is 1. The molecular formula is C28H26N2O4. The molecule has 1 amide bonds. The zero-order valence-corrected chi connectivity index (χ0v) is 18.9. The summed E-state index contributed by atoms with van der Waals surface area (Å²) >= 11 is 0. The van der Waals surface area contributed by atoms with E-state index in [-0.39, 0.29) is 12.5 Å². The fraction of sp³-hybridized carbons (Fsp3) is 0.143. The monoisotopic (exact) mass is 454 g/mol. The van der Waals surface area contributed by atoms with Gasteiger partial charge in [0, 0.05) is 11.3 Å². The highest BCUT2D eigenvalue weighted by molar-refractivity contribution is 5.91. The Morgan fingerprint density at radius 1 is 0.882 bits per heavy atom. The van der Waals surface area contributed by atoms with Gasteiger partial charge in [-0.1, -0.05) is 65.8 Å². The number of carbonyl (C=O) groups excluding carboxylic acids is 1. The van der Waals surface area contributed by atoms with Crippen molar-refractivity contribution in [1.29, 1.82) is 0 Å². The molecule has 6 nitrogen and oxygen atoms in total. The summed E-state index contributed by atoms with van der Waals surface area (Å²) in [6.07, 6.45) is 1.53. The highest BCUT2D eigenvalue weighted by atomic mass is 16.6. The number of fused-ring (bicyclic) bond motifs is 1. The largest absolute Gasteiger partial charge is 0.490 e. The molecule has 0 unspecified atom stereocenters. The van der Waals surface area contributed by atoms with Gasteiger partial charge < -0.3 is 19.6 Å². The molecule has 0 saturated heterocycles. The third-order valence-electron chi connectivity index (χ3n) is 5.06. The first-order valence-corrected chi connectivity index (χ1v) is 11.1. The van der Waals surface area contributed by atoms with Crippen molar-refractivity contribution in [2.45, 2.75) is 13.5 Å². The van der Waals surface area contributed by atoms with E-state index >= 15 is 0 Å². The first-order valence-electron chi connectivity index (χ1n) is 11.1. The van der Waals surface area contributed by atoms with E-state index in [1.54, 1.807) is 12.1 Å². The van der Waals surface area contributed by atoms with Crippen LogP contribution in [0.2, 0.25) is 0 Å². The molecule has 4 rings (SSSR count). The van der Waals surface area contributed by atoms with Crippen LogP contribution < -0.4 is 14.8 Å².